The van der Waals surface area contributed by atoms with Crippen LogP contribution >= 0.6 is 35.6 Å². The Morgan fingerprint density at radius 2 is 2.07 bits per heavy atom. The van der Waals surface area contributed by atoms with E-state index in [1.807, 2.05) is 12.1 Å². The van der Waals surface area contributed by atoms with Crippen LogP contribution in [0.15, 0.2) is 17.1 Å². The number of halogens is 2. The van der Waals surface area contributed by atoms with Gasteiger partial charge in [-0.1, -0.05) is 18.5 Å². The third-order valence-electron chi connectivity index (χ3n) is 4.96. The fraction of sp³-hybridized carbons (Fsp3) is 0.632. The largest absolute Gasteiger partial charge is 0.489 e. The third-order valence-corrected chi connectivity index (χ3v) is 5.24. The minimum absolute atomic E-state index is 0. The summed E-state index contributed by atoms with van der Waals surface area (Å²) in [5.74, 6) is 2.17. The zero-order valence-corrected chi connectivity index (χ0v) is 19.2. The van der Waals surface area contributed by atoms with Crippen LogP contribution in [0.3, 0.4) is 0 Å². The van der Waals surface area contributed by atoms with Crippen LogP contribution in [0.25, 0.3) is 0 Å². The van der Waals surface area contributed by atoms with Gasteiger partial charge in [-0.3, -0.25) is 9.89 Å². The fourth-order valence-corrected chi connectivity index (χ4v) is 3.84. The lowest BCUT2D eigenvalue weighted by Gasteiger charge is -2.24. The van der Waals surface area contributed by atoms with Gasteiger partial charge in [0, 0.05) is 32.6 Å². The monoisotopic (exact) mass is 508 g/mol. The molecule has 1 aromatic rings. The van der Waals surface area contributed by atoms with Gasteiger partial charge < -0.3 is 20.1 Å². The topological polar surface area (TPSA) is 58.1 Å². The lowest BCUT2D eigenvalue weighted by Crippen LogP contribution is -2.44. The standard InChI is InChI=1S/C19H29ClN4O2.HI/c1-3-24-7-4-6-15(24)13-23-19(21-2)22-12-14-10-16(20)18-17(11-14)25-8-5-9-26-18;/h10-11,15H,3-9,12-13H2,1-2H3,(H2,21,22,23);1H. The molecule has 0 bridgehead atoms. The van der Waals surface area contributed by atoms with Crippen molar-refractivity contribution in [3.05, 3.63) is 22.7 Å². The molecule has 0 amide bonds. The van der Waals surface area contributed by atoms with Crippen molar-refractivity contribution < 1.29 is 9.47 Å². The smallest absolute Gasteiger partial charge is 0.191 e. The van der Waals surface area contributed by atoms with Gasteiger partial charge in [0.05, 0.1) is 18.2 Å². The van der Waals surface area contributed by atoms with Crippen LogP contribution in [-0.2, 0) is 6.54 Å². The molecule has 6 nitrogen and oxygen atoms in total. The summed E-state index contributed by atoms with van der Waals surface area (Å²) in [6.07, 6.45) is 3.39. The highest BCUT2D eigenvalue weighted by molar-refractivity contribution is 14.0. The first-order valence-corrected chi connectivity index (χ1v) is 9.85. The van der Waals surface area contributed by atoms with Gasteiger partial charge in [0.1, 0.15) is 0 Å². The molecular formula is C19H30ClIN4O2. The maximum atomic E-state index is 6.36. The predicted molar refractivity (Wildman–Crippen MR) is 121 cm³/mol. The molecule has 1 unspecified atom stereocenters. The molecule has 0 aliphatic carbocycles. The molecule has 1 aromatic carbocycles. The molecule has 2 aliphatic rings. The molecule has 2 aliphatic heterocycles. The van der Waals surface area contributed by atoms with E-state index in [1.165, 1.54) is 19.4 Å². The zero-order valence-electron chi connectivity index (χ0n) is 16.1. The summed E-state index contributed by atoms with van der Waals surface area (Å²) in [5, 5.41) is 7.39. The van der Waals surface area contributed by atoms with Crippen molar-refractivity contribution in [2.75, 3.05) is 39.9 Å². The van der Waals surface area contributed by atoms with Crippen molar-refractivity contribution in [1.82, 2.24) is 15.5 Å². The molecule has 0 spiro atoms. The average Bonchev–Trinajstić information content (AvgIpc) is 2.97. The van der Waals surface area contributed by atoms with Gasteiger partial charge in [0.15, 0.2) is 17.5 Å². The molecule has 2 N–H and O–H groups in total. The van der Waals surface area contributed by atoms with E-state index in [0.29, 0.717) is 36.6 Å². The number of ether oxygens (including phenoxy) is 2. The Morgan fingerprint density at radius 3 is 2.85 bits per heavy atom. The highest BCUT2D eigenvalue weighted by atomic mass is 127. The zero-order chi connectivity index (χ0) is 18.4. The number of hydrogen-bond donors (Lipinski definition) is 2. The minimum Gasteiger partial charge on any atom is -0.489 e. The second-order valence-corrected chi connectivity index (χ2v) is 7.09. The Hall–Kier alpha value is -0.930. The number of guanidine groups is 1. The number of nitrogens with one attached hydrogen (secondary N) is 2. The van der Waals surface area contributed by atoms with E-state index in [-0.39, 0.29) is 24.0 Å². The summed E-state index contributed by atoms with van der Waals surface area (Å²) in [5.41, 5.74) is 1.04. The van der Waals surface area contributed by atoms with Gasteiger partial charge in [-0.15, -0.1) is 24.0 Å². The molecule has 0 saturated carbocycles. The first-order valence-electron chi connectivity index (χ1n) is 9.48. The van der Waals surface area contributed by atoms with Gasteiger partial charge in [-0.25, -0.2) is 0 Å². The maximum Gasteiger partial charge on any atom is 0.191 e. The van der Waals surface area contributed by atoms with Crippen LogP contribution in [0.4, 0.5) is 0 Å². The van der Waals surface area contributed by atoms with Crippen LogP contribution in [0.2, 0.25) is 5.02 Å². The number of aliphatic imine (C=N–C) groups is 1. The number of rotatable bonds is 5. The summed E-state index contributed by atoms with van der Waals surface area (Å²) >= 11 is 6.36. The number of hydrogen-bond acceptors (Lipinski definition) is 4. The van der Waals surface area contributed by atoms with E-state index in [4.69, 9.17) is 21.1 Å². The molecule has 2 heterocycles. The van der Waals surface area contributed by atoms with Crippen molar-refractivity contribution in [2.24, 2.45) is 4.99 Å². The summed E-state index contributed by atoms with van der Waals surface area (Å²) in [4.78, 5) is 6.84. The van der Waals surface area contributed by atoms with E-state index in [2.05, 4.69) is 27.4 Å². The Balaban J connectivity index is 0.00000261. The highest BCUT2D eigenvalue weighted by Gasteiger charge is 2.22. The molecule has 152 valence electrons. The van der Waals surface area contributed by atoms with Crippen molar-refractivity contribution >= 4 is 41.5 Å². The fourth-order valence-electron chi connectivity index (χ4n) is 3.55. The number of benzene rings is 1. The van der Waals surface area contributed by atoms with E-state index in [0.717, 1.165) is 36.8 Å². The Labute approximate surface area is 184 Å². The summed E-state index contributed by atoms with van der Waals surface area (Å²) in [6, 6.07) is 4.50. The third kappa shape index (κ3) is 6.02. The summed E-state index contributed by atoms with van der Waals surface area (Å²) in [6.45, 7) is 7.35. The lowest BCUT2D eigenvalue weighted by molar-refractivity contribution is 0.267. The molecule has 1 fully saturated rings. The summed E-state index contributed by atoms with van der Waals surface area (Å²) < 4.78 is 11.4. The van der Waals surface area contributed by atoms with Crippen LogP contribution < -0.4 is 20.1 Å². The van der Waals surface area contributed by atoms with E-state index < -0.39 is 0 Å². The molecule has 0 aromatic heterocycles. The molecule has 0 radical (unpaired) electrons. The summed E-state index contributed by atoms with van der Waals surface area (Å²) in [7, 11) is 1.79. The van der Waals surface area contributed by atoms with Crippen LogP contribution in [0, 0.1) is 0 Å². The second-order valence-electron chi connectivity index (χ2n) is 6.69. The Morgan fingerprint density at radius 1 is 1.26 bits per heavy atom. The molecule has 27 heavy (non-hydrogen) atoms. The van der Waals surface area contributed by atoms with E-state index in [9.17, 15) is 0 Å². The molecule has 1 atom stereocenters. The first-order chi connectivity index (χ1) is 12.7. The Kier molecular flexibility index (Phi) is 9.25. The highest BCUT2D eigenvalue weighted by Crippen LogP contribution is 2.37. The van der Waals surface area contributed by atoms with E-state index >= 15 is 0 Å². The molecule has 3 rings (SSSR count). The van der Waals surface area contributed by atoms with Crippen molar-refractivity contribution in [2.45, 2.75) is 38.8 Å². The van der Waals surface area contributed by atoms with Crippen LogP contribution in [0.5, 0.6) is 11.5 Å². The van der Waals surface area contributed by atoms with Crippen LogP contribution in [0.1, 0.15) is 31.7 Å². The molecule has 1 saturated heterocycles. The predicted octanol–water partition coefficient (Wildman–Crippen LogP) is 3.27. The number of likely N-dealkylation sites (N-methyl/N-ethyl adjacent to an activating group) is 1. The van der Waals surface area contributed by atoms with Gasteiger partial charge >= 0.3 is 0 Å². The quantitative estimate of drug-likeness (QED) is 0.363. The van der Waals surface area contributed by atoms with Gasteiger partial charge in [0.2, 0.25) is 0 Å². The second kappa shape index (κ2) is 11.2. The van der Waals surface area contributed by atoms with Gasteiger partial charge in [-0.2, -0.15) is 0 Å². The van der Waals surface area contributed by atoms with Crippen LogP contribution in [-0.4, -0.2) is 56.8 Å². The van der Waals surface area contributed by atoms with E-state index in [1.54, 1.807) is 7.05 Å². The average molecular weight is 509 g/mol. The minimum atomic E-state index is 0. The maximum absolute atomic E-state index is 6.36. The normalized spacial score (nSPS) is 20.0. The van der Waals surface area contributed by atoms with Crippen molar-refractivity contribution in [3.8, 4) is 11.5 Å². The molecule has 8 heteroatoms. The lowest BCUT2D eigenvalue weighted by atomic mass is 10.2. The number of likely N-dealkylation sites (tertiary alicyclic amines) is 1. The van der Waals surface area contributed by atoms with Crippen molar-refractivity contribution in [1.29, 1.82) is 0 Å². The number of fused-ring (bicyclic) bond motifs is 1. The number of nitrogens with zero attached hydrogens (tertiary/aromatic N) is 2. The van der Waals surface area contributed by atoms with Crippen molar-refractivity contribution in [3.63, 3.8) is 0 Å². The SMILES string of the molecule is CCN1CCCC1CNC(=NC)NCc1cc(Cl)c2c(c1)OCCCO2.I. The first kappa shape index (κ1) is 22.4. The van der Waals surface area contributed by atoms with Gasteiger partial charge in [0.25, 0.3) is 0 Å². The Bertz CT molecular complexity index is 644. The van der Waals surface area contributed by atoms with Gasteiger partial charge in [-0.05, 0) is 43.6 Å². The molecular weight excluding hydrogens is 479 g/mol.